The van der Waals surface area contributed by atoms with Crippen LogP contribution < -0.4 is 9.47 Å². The Bertz CT molecular complexity index is 1800. The monoisotopic (exact) mass is 635 g/mol. The van der Waals surface area contributed by atoms with E-state index in [4.69, 9.17) is 24.8 Å². The van der Waals surface area contributed by atoms with E-state index in [1.807, 2.05) is 83.1 Å². The summed E-state index contributed by atoms with van der Waals surface area (Å²) >= 11 is 5.45. The average Bonchev–Trinajstić information content (AvgIpc) is 3.44. The highest BCUT2D eigenvalue weighted by molar-refractivity contribution is 8.03. The van der Waals surface area contributed by atoms with Crippen LogP contribution in [0, 0.1) is 0 Å². The number of thioether (sulfide) groups is 1. The van der Waals surface area contributed by atoms with Gasteiger partial charge in [0.1, 0.15) is 6.61 Å². The number of benzene rings is 3. The number of rotatable bonds is 11. The van der Waals surface area contributed by atoms with Crippen LogP contribution in [0.2, 0.25) is 5.02 Å². The summed E-state index contributed by atoms with van der Waals surface area (Å²) in [6.45, 7) is 2.68. The Hall–Kier alpha value is -2.71. The first-order valence-corrected chi connectivity index (χ1v) is 16.7. The van der Waals surface area contributed by atoms with E-state index in [2.05, 4.69) is 0 Å². The van der Waals surface area contributed by atoms with Crippen molar-refractivity contribution in [3.8, 4) is 0 Å². The van der Waals surface area contributed by atoms with Gasteiger partial charge in [-0.3, -0.25) is 13.3 Å². The molecule has 13 heteroatoms. The maximum Gasteiger partial charge on any atom is 0.374 e. The van der Waals surface area contributed by atoms with Crippen LogP contribution in [-0.4, -0.2) is 40.6 Å². The van der Waals surface area contributed by atoms with Gasteiger partial charge in [0.05, 0.1) is 27.9 Å². The Morgan fingerprint density at radius 1 is 1.22 bits per heavy atom. The highest BCUT2D eigenvalue weighted by atomic mass is 35.5. The molecule has 1 unspecified atom stereocenters. The van der Waals surface area contributed by atoms with Gasteiger partial charge in [-0.05, 0) is 60.2 Å². The summed E-state index contributed by atoms with van der Waals surface area (Å²) in [5, 5.41) is 3.48. The number of hydrogen-bond donors (Lipinski definition) is 2. The van der Waals surface area contributed by atoms with Crippen molar-refractivity contribution in [1.82, 2.24) is 0 Å². The van der Waals surface area contributed by atoms with E-state index >= 15 is 0 Å². The van der Waals surface area contributed by atoms with Gasteiger partial charge in [-0.15, -0.1) is 0 Å². The molecule has 0 saturated heterocycles. The molecular formula is C28H28ClN2O7S3+. The number of allylic oxidation sites excluding steroid dienone is 2. The molecule has 9 nitrogen and oxygen atoms in total. The third-order valence-corrected chi connectivity index (χ3v) is 9.14. The molecule has 0 aliphatic carbocycles. The lowest BCUT2D eigenvalue weighted by molar-refractivity contribution is -0.678. The van der Waals surface area contributed by atoms with Crippen molar-refractivity contribution in [2.24, 2.45) is 0 Å². The first-order chi connectivity index (χ1) is 19.6. The molecule has 5 rings (SSSR count). The van der Waals surface area contributed by atoms with Crippen LogP contribution in [0.3, 0.4) is 0 Å². The SMILES string of the molecule is CCC(/C=C1\Sc2ccc(Cl)cc2N1CCCS(=O)(=O)O)=C\c1oc2ccc3ccccc3c2[n+]1CCOS(=O)O. The summed E-state index contributed by atoms with van der Waals surface area (Å²) in [7, 11) is -4.08. The maximum atomic E-state index is 11.3. The number of oxazole rings is 1. The van der Waals surface area contributed by atoms with Crippen LogP contribution in [0.5, 0.6) is 0 Å². The first kappa shape index (κ1) is 29.8. The number of fused-ring (bicyclic) bond motifs is 4. The van der Waals surface area contributed by atoms with Crippen molar-refractivity contribution >= 4 is 78.5 Å². The fourth-order valence-electron chi connectivity index (χ4n) is 4.78. The molecule has 1 atom stereocenters. The zero-order chi connectivity index (χ0) is 29.1. The molecule has 1 aliphatic rings. The highest BCUT2D eigenvalue weighted by Crippen LogP contribution is 2.47. The Labute approximate surface area is 249 Å². The van der Waals surface area contributed by atoms with Crippen LogP contribution in [0.4, 0.5) is 5.69 Å². The summed E-state index contributed by atoms with van der Waals surface area (Å²) in [6.07, 6.45) is 4.86. The zero-order valence-corrected chi connectivity index (χ0v) is 25.2. The third kappa shape index (κ3) is 7.03. The molecule has 2 N–H and O–H groups in total. The minimum Gasteiger partial charge on any atom is -0.398 e. The summed E-state index contributed by atoms with van der Waals surface area (Å²) in [6, 6.07) is 17.4. The van der Waals surface area contributed by atoms with E-state index in [0.717, 1.165) is 37.5 Å². The van der Waals surface area contributed by atoms with E-state index in [-0.39, 0.29) is 25.3 Å². The lowest BCUT2D eigenvalue weighted by Crippen LogP contribution is -2.38. The van der Waals surface area contributed by atoms with E-state index in [9.17, 15) is 17.2 Å². The Kier molecular flexibility index (Phi) is 9.19. The molecule has 0 bridgehead atoms. The summed E-state index contributed by atoms with van der Waals surface area (Å²) in [5.41, 5.74) is 3.34. The van der Waals surface area contributed by atoms with Crippen LogP contribution in [0.25, 0.3) is 27.9 Å². The topological polar surface area (TPSA) is 121 Å². The minimum atomic E-state index is -4.08. The van der Waals surface area contributed by atoms with Gasteiger partial charge in [0, 0.05) is 16.5 Å². The molecular weight excluding hydrogens is 608 g/mol. The Morgan fingerprint density at radius 3 is 2.78 bits per heavy atom. The van der Waals surface area contributed by atoms with Gasteiger partial charge >= 0.3 is 17.3 Å². The van der Waals surface area contributed by atoms with Crippen molar-refractivity contribution in [1.29, 1.82) is 0 Å². The summed E-state index contributed by atoms with van der Waals surface area (Å²) < 4.78 is 65.4. The van der Waals surface area contributed by atoms with Crippen LogP contribution in [0.1, 0.15) is 25.7 Å². The molecule has 0 radical (unpaired) electrons. The smallest absolute Gasteiger partial charge is 0.374 e. The summed E-state index contributed by atoms with van der Waals surface area (Å²) in [4.78, 5) is 2.99. The molecule has 0 saturated carbocycles. The van der Waals surface area contributed by atoms with Crippen LogP contribution in [-0.2, 0) is 32.2 Å². The molecule has 1 aliphatic heterocycles. The second-order valence-electron chi connectivity index (χ2n) is 9.33. The van der Waals surface area contributed by atoms with E-state index in [1.165, 1.54) is 0 Å². The summed E-state index contributed by atoms with van der Waals surface area (Å²) in [5.74, 6) is 0.209. The van der Waals surface area contributed by atoms with E-state index in [0.29, 0.717) is 29.5 Å². The van der Waals surface area contributed by atoms with Gasteiger partial charge in [0.25, 0.3) is 15.6 Å². The van der Waals surface area contributed by atoms with Gasteiger partial charge in [-0.2, -0.15) is 17.2 Å². The molecule has 1 aromatic heterocycles. The van der Waals surface area contributed by atoms with Gasteiger partial charge in [-0.25, -0.2) is 0 Å². The van der Waals surface area contributed by atoms with Crippen molar-refractivity contribution in [3.63, 3.8) is 0 Å². The lowest BCUT2D eigenvalue weighted by Gasteiger charge is -2.20. The molecule has 2 heterocycles. The first-order valence-electron chi connectivity index (χ1n) is 12.8. The normalized spacial score (nSPS) is 15.8. The second kappa shape index (κ2) is 12.7. The number of anilines is 1. The van der Waals surface area contributed by atoms with Crippen LogP contribution in [0.15, 0.2) is 80.6 Å². The maximum absolute atomic E-state index is 11.3. The zero-order valence-electron chi connectivity index (χ0n) is 22.0. The number of aromatic nitrogens is 1. The molecule has 0 fully saturated rings. The molecule has 4 aromatic rings. The predicted octanol–water partition coefficient (Wildman–Crippen LogP) is 6.21. The number of nitrogens with zero attached hydrogens (tertiary/aromatic N) is 2. The van der Waals surface area contributed by atoms with Gasteiger partial charge in [0.2, 0.25) is 5.58 Å². The van der Waals surface area contributed by atoms with Crippen molar-refractivity contribution in [2.45, 2.75) is 31.2 Å². The molecule has 41 heavy (non-hydrogen) atoms. The fraction of sp³-hybridized carbons (Fsp3) is 0.250. The molecule has 0 amide bonds. The van der Waals surface area contributed by atoms with Crippen molar-refractivity contribution < 1.29 is 34.9 Å². The minimum absolute atomic E-state index is 0.00246. The highest BCUT2D eigenvalue weighted by Gasteiger charge is 2.27. The fourth-order valence-corrected chi connectivity index (χ4v) is 6.81. The van der Waals surface area contributed by atoms with Gasteiger partial charge < -0.3 is 9.32 Å². The van der Waals surface area contributed by atoms with Gasteiger partial charge in [0.15, 0.2) is 6.54 Å². The van der Waals surface area contributed by atoms with Crippen LogP contribution >= 0.6 is 23.4 Å². The number of hydrogen-bond acceptors (Lipinski definition) is 7. The largest absolute Gasteiger partial charge is 0.398 e. The molecule has 216 valence electrons. The standard InChI is InChI=1S/C28H27ClN2O7S3/c1-2-19(17-27-30(12-5-15-41(34,35)36)23-18-21(29)9-11-25(23)39-27)16-26-31(13-14-37-40(32)33)28-22-7-4-3-6-20(22)8-10-24(28)38-26/h3-4,6-11,16-18H,2,5,12-15H2,1H3,(H-,32,33,34,35,36)/p+1. The second-order valence-corrected chi connectivity index (χ2v) is 13.1. The third-order valence-electron chi connectivity index (χ3n) is 6.62. The average molecular weight is 636 g/mol. The predicted molar refractivity (Wildman–Crippen MR) is 163 cm³/mol. The Morgan fingerprint density at radius 2 is 2.02 bits per heavy atom. The lowest BCUT2D eigenvalue weighted by atomic mass is 10.1. The van der Waals surface area contributed by atoms with Crippen molar-refractivity contribution in [2.75, 3.05) is 23.8 Å². The molecule has 3 aromatic carbocycles. The Balaban J connectivity index is 1.56. The number of halogens is 1. The molecule has 0 spiro atoms. The quantitative estimate of drug-likeness (QED) is 0.113. The van der Waals surface area contributed by atoms with E-state index in [1.54, 1.807) is 11.8 Å². The van der Waals surface area contributed by atoms with Crippen molar-refractivity contribution in [3.05, 3.63) is 82.2 Å². The van der Waals surface area contributed by atoms with Gasteiger partial charge in [-0.1, -0.05) is 54.6 Å². The van der Waals surface area contributed by atoms with E-state index < -0.39 is 21.5 Å².